The Bertz CT molecular complexity index is 536. The lowest BCUT2D eigenvalue weighted by molar-refractivity contribution is 0.753. The van der Waals surface area contributed by atoms with Gasteiger partial charge in [-0.2, -0.15) is 4.98 Å². The second kappa shape index (κ2) is 6.89. The van der Waals surface area contributed by atoms with Gasteiger partial charge in [-0.05, 0) is 31.9 Å². The largest absolute Gasteiger partial charge is 0.366 e. The molecule has 106 valence electrons. The summed E-state index contributed by atoms with van der Waals surface area (Å²) in [5.41, 5.74) is 2.52. The van der Waals surface area contributed by atoms with E-state index in [0.29, 0.717) is 12.0 Å². The van der Waals surface area contributed by atoms with Gasteiger partial charge in [-0.3, -0.25) is 0 Å². The maximum Gasteiger partial charge on any atom is 0.224 e. The van der Waals surface area contributed by atoms with Crippen molar-refractivity contribution < 1.29 is 0 Å². The first-order chi connectivity index (χ1) is 9.67. The first-order valence-corrected chi connectivity index (χ1v) is 7.06. The first-order valence-electron chi connectivity index (χ1n) is 7.06. The van der Waals surface area contributed by atoms with Crippen LogP contribution in [-0.4, -0.2) is 16.0 Å². The fourth-order valence-corrected chi connectivity index (χ4v) is 1.75. The zero-order chi connectivity index (χ0) is 14.4. The predicted molar refractivity (Wildman–Crippen MR) is 83.9 cm³/mol. The van der Waals surface area contributed by atoms with Crippen LogP contribution >= 0.6 is 0 Å². The van der Waals surface area contributed by atoms with Crippen molar-refractivity contribution in [2.24, 2.45) is 0 Å². The average molecular weight is 270 g/mol. The lowest BCUT2D eigenvalue weighted by atomic mass is 10.1. The summed E-state index contributed by atoms with van der Waals surface area (Å²) in [6.07, 6.45) is 2.82. The Hall–Kier alpha value is -2.10. The van der Waals surface area contributed by atoms with Gasteiger partial charge < -0.3 is 10.6 Å². The molecule has 2 N–H and O–H groups in total. The molecule has 4 heteroatoms. The predicted octanol–water partition coefficient (Wildman–Crippen LogP) is 3.61. The number of benzene rings is 1. The minimum Gasteiger partial charge on any atom is -0.366 e. The molecule has 0 saturated carbocycles. The van der Waals surface area contributed by atoms with Crippen molar-refractivity contribution in [2.75, 3.05) is 10.6 Å². The first kappa shape index (κ1) is 14.3. The van der Waals surface area contributed by atoms with Gasteiger partial charge in [-0.25, -0.2) is 4.98 Å². The van der Waals surface area contributed by atoms with Gasteiger partial charge >= 0.3 is 0 Å². The van der Waals surface area contributed by atoms with Crippen molar-refractivity contribution >= 4 is 11.8 Å². The number of rotatable bonds is 6. The Balaban J connectivity index is 1.95. The molecule has 1 aromatic carbocycles. The van der Waals surface area contributed by atoms with Gasteiger partial charge in [0.15, 0.2) is 0 Å². The van der Waals surface area contributed by atoms with Crippen molar-refractivity contribution in [3.63, 3.8) is 0 Å². The molecule has 0 aliphatic rings. The number of aryl methyl sites for hydroxylation is 1. The topological polar surface area (TPSA) is 49.8 Å². The second-order valence-corrected chi connectivity index (χ2v) is 5.06. The van der Waals surface area contributed by atoms with Gasteiger partial charge in [0.25, 0.3) is 0 Å². The molecular formula is C16H22N4. The standard InChI is InChI=1S/C16H22N4/c1-4-13(3)19-16-17-10-9-15(20-16)18-11-14-7-5-12(2)6-8-14/h5-10,13H,4,11H2,1-3H3,(H2,17,18,19,20). The Kier molecular flexibility index (Phi) is 4.93. The van der Waals surface area contributed by atoms with E-state index in [-0.39, 0.29) is 0 Å². The van der Waals surface area contributed by atoms with Crippen LogP contribution in [0, 0.1) is 6.92 Å². The van der Waals surface area contributed by atoms with Gasteiger partial charge in [0.05, 0.1) is 0 Å². The number of hydrogen-bond acceptors (Lipinski definition) is 4. The van der Waals surface area contributed by atoms with Crippen LogP contribution in [0.2, 0.25) is 0 Å². The smallest absolute Gasteiger partial charge is 0.224 e. The van der Waals surface area contributed by atoms with Crippen LogP contribution in [0.5, 0.6) is 0 Å². The van der Waals surface area contributed by atoms with Crippen molar-refractivity contribution in [3.05, 3.63) is 47.7 Å². The normalized spacial score (nSPS) is 11.9. The maximum absolute atomic E-state index is 4.46. The SMILES string of the molecule is CCC(C)Nc1nccc(NCc2ccc(C)cc2)n1. The van der Waals surface area contributed by atoms with E-state index in [1.165, 1.54) is 11.1 Å². The molecular weight excluding hydrogens is 248 g/mol. The molecule has 1 heterocycles. The molecule has 0 bridgehead atoms. The summed E-state index contributed by atoms with van der Waals surface area (Å²) in [5.74, 6) is 1.51. The molecule has 0 saturated heterocycles. The highest BCUT2D eigenvalue weighted by molar-refractivity contribution is 5.40. The third-order valence-electron chi connectivity index (χ3n) is 3.24. The van der Waals surface area contributed by atoms with E-state index in [0.717, 1.165) is 18.8 Å². The summed E-state index contributed by atoms with van der Waals surface area (Å²) < 4.78 is 0. The van der Waals surface area contributed by atoms with Crippen LogP contribution in [0.4, 0.5) is 11.8 Å². The number of anilines is 2. The summed E-state index contributed by atoms with van der Waals surface area (Å²) in [7, 11) is 0. The van der Waals surface area contributed by atoms with E-state index in [4.69, 9.17) is 0 Å². The van der Waals surface area contributed by atoms with E-state index < -0.39 is 0 Å². The molecule has 1 aromatic heterocycles. The number of hydrogen-bond donors (Lipinski definition) is 2. The Morgan fingerprint density at radius 1 is 1.15 bits per heavy atom. The summed E-state index contributed by atoms with van der Waals surface area (Å²) in [4.78, 5) is 8.69. The highest BCUT2D eigenvalue weighted by Crippen LogP contribution is 2.10. The molecule has 0 amide bonds. The van der Waals surface area contributed by atoms with E-state index in [1.54, 1.807) is 6.20 Å². The number of nitrogens with zero attached hydrogens (tertiary/aromatic N) is 2. The molecule has 0 aliphatic carbocycles. The third kappa shape index (κ3) is 4.23. The van der Waals surface area contributed by atoms with Gasteiger partial charge in [0.1, 0.15) is 5.82 Å². The molecule has 4 nitrogen and oxygen atoms in total. The van der Waals surface area contributed by atoms with E-state index in [2.05, 4.69) is 65.6 Å². The molecule has 0 spiro atoms. The third-order valence-corrected chi connectivity index (χ3v) is 3.24. The number of aromatic nitrogens is 2. The van der Waals surface area contributed by atoms with Gasteiger partial charge in [0, 0.05) is 18.8 Å². The van der Waals surface area contributed by atoms with Crippen LogP contribution in [0.25, 0.3) is 0 Å². The fourth-order valence-electron chi connectivity index (χ4n) is 1.75. The van der Waals surface area contributed by atoms with Crippen LogP contribution in [0.3, 0.4) is 0 Å². The van der Waals surface area contributed by atoms with Crippen molar-refractivity contribution in [1.29, 1.82) is 0 Å². The maximum atomic E-state index is 4.46. The molecule has 1 unspecified atom stereocenters. The van der Waals surface area contributed by atoms with Crippen LogP contribution in [0.1, 0.15) is 31.4 Å². The highest BCUT2D eigenvalue weighted by Gasteiger charge is 2.02. The summed E-state index contributed by atoms with van der Waals surface area (Å²) in [5, 5.41) is 6.60. The van der Waals surface area contributed by atoms with Crippen molar-refractivity contribution in [1.82, 2.24) is 9.97 Å². The van der Waals surface area contributed by atoms with Crippen LogP contribution in [-0.2, 0) is 6.54 Å². The molecule has 0 aliphatic heterocycles. The molecule has 0 fully saturated rings. The summed E-state index contributed by atoms with van der Waals surface area (Å²) in [6.45, 7) is 7.11. The minimum atomic E-state index is 0.377. The summed E-state index contributed by atoms with van der Waals surface area (Å²) in [6, 6.07) is 10.8. The van der Waals surface area contributed by atoms with E-state index in [9.17, 15) is 0 Å². The molecule has 0 radical (unpaired) electrons. The van der Waals surface area contributed by atoms with E-state index in [1.807, 2.05) is 6.07 Å². The molecule has 1 atom stereocenters. The van der Waals surface area contributed by atoms with Crippen LogP contribution in [0.15, 0.2) is 36.5 Å². The Morgan fingerprint density at radius 3 is 2.60 bits per heavy atom. The second-order valence-electron chi connectivity index (χ2n) is 5.06. The average Bonchev–Trinajstić information content (AvgIpc) is 2.47. The van der Waals surface area contributed by atoms with Gasteiger partial charge in [-0.1, -0.05) is 36.8 Å². The monoisotopic (exact) mass is 270 g/mol. The van der Waals surface area contributed by atoms with Crippen LogP contribution < -0.4 is 10.6 Å². The van der Waals surface area contributed by atoms with Crippen molar-refractivity contribution in [3.8, 4) is 0 Å². The lowest BCUT2D eigenvalue weighted by Crippen LogP contribution is -2.16. The summed E-state index contributed by atoms with van der Waals surface area (Å²) >= 11 is 0. The highest BCUT2D eigenvalue weighted by atomic mass is 15.1. The minimum absolute atomic E-state index is 0.377. The van der Waals surface area contributed by atoms with E-state index >= 15 is 0 Å². The van der Waals surface area contributed by atoms with Gasteiger partial charge in [-0.15, -0.1) is 0 Å². The fraction of sp³-hybridized carbons (Fsp3) is 0.375. The molecule has 2 aromatic rings. The lowest BCUT2D eigenvalue weighted by Gasteiger charge is -2.12. The zero-order valence-electron chi connectivity index (χ0n) is 12.4. The zero-order valence-corrected chi connectivity index (χ0v) is 12.4. The van der Waals surface area contributed by atoms with Crippen molar-refractivity contribution in [2.45, 2.75) is 39.8 Å². The quantitative estimate of drug-likeness (QED) is 0.842. The Labute approximate surface area is 120 Å². The number of nitrogens with one attached hydrogen (secondary N) is 2. The molecule has 2 rings (SSSR count). The van der Waals surface area contributed by atoms with Gasteiger partial charge in [0.2, 0.25) is 5.95 Å². The Morgan fingerprint density at radius 2 is 1.90 bits per heavy atom. The molecule has 20 heavy (non-hydrogen) atoms.